The third-order valence-electron chi connectivity index (χ3n) is 3.72. The lowest BCUT2D eigenvalue weighted by molar-refractivity contribution is -0.139. The fourth-order valence-electron chi connectivity index (χ4n) is 2.19. The minimum Gasteiger partial charge on any atom is -0.349 e. The van der Waals surface area contributed by atoms with Gasteiger partial charge in [-0.3, -0.25) is 9.59 Å². The van der Waals surface area contributed by atoms with E-state index in [0.717, 1.165) is 12.8 Å². The molecule has 0 aliphatic heterocycles. The Morgan fingerprint density at radius 2 is 1.87 bits per heavy atom. The SMILES string of the molecule is CCCC(NS(=O)(=O)c1ccccc1)C(=O)C(=O)NCC1CC1. The molecule has 1 aliphatic rings. The van der Waals surface area contributed by atoms with Crippen LogP contribution in [0.2, 0.25) is 0 Å². The van der Waals surface area contributed by atoms with E-state index in [1.165, 1.54) is 12.1 Å². The first kappa shape index (κ1) is 17.6. The second-order valence-corrected chi connectivity index (χ2v) is 7.51. The molecule has 2 N–H and O–H groups in total. The Labute approximate surface area is 136 Å². The number of Topliss-reactive ketones (excluding diaryl/α,β-unsaturated/α-hetero) is 1. The van der Waals surface area contributed by atoms with E-state index in [0.29, 0.717) is 18.9 Å². The molecular weight excluding hydrogens is 316 g/mol. The molecule has 1 fully saturated rings. The zero-order valence-electron chi connectivity index (χ0n) is 13.1. The Morgan fingerprint density at radius 3 is 2.43 bits per heavy atom. The van der Waals surface area contributed by atoms with Crippen molar-refractivity contribution in [1.82, 2.24) is 10.0 Å². The second kappa shape index (κ2) is 7.70. The first-order valence-corrected chi connectivity index (χ1v) is 9.31. The van der Waals surface area contributed by atoms with Gasteiger partial charge in [-0.15, -0.1) is 0 Å². The van der Waals surface area contributed by atoms with Crippen molar-refractivity contribution in [1.29, 1.82) is 0 Å². The highest BCUT2D eigenvalue weighted by Gasteiger charge is 2.30. The van der Waals surface area contributed by atoms with E-state index < -0.39 is 27.8 Å². The van der Waals surface area contributed by atoms with Crippen LogP contribution in [0.5, 0.6) is 0 Å². The number of hydrogen-bond acceptors (Lipinski definition) is 4. The van der Waals surface area contributed by atoms with Crippen molar-refractivity contribution in [2.75, 3.05) is 6.54 Å². The lowest BCUT2D eigenvalue weighted by atomic mass is 10.1. The first-order valence-electron chi connectivity index (χ1n) is 7.83. The fourth-order valence-corrected chi connectivity index (χ4v) is 3.44. The summed E-state index contributed by atoms with van der Waals surface area (Å²) in [4.78, 5) is 24.2. The van der Waals surface area contributed by atoms with Crippen molar-refractivity contribution in [3.8, 4) is 0 Å². The van der Waals surface area contributed by atoms with E-state index in [1.807, 2.05) is 6.92 Å². The monoisotopic (exact) mass is 338 g/mol. The molecule has 126 valence electrons. The van der Waals surface area contributed by atoms with Crippen LogP contribution in [0.3, 0.4) is 0 Å². The average Bonchev–Trinajstić information content (AvgIpc) is 3.36. The number of carbonyl (C=O) groups excluding carboxylic acids is 2. The summed E-state index contributed by atoms with van der Waals surface area (Å²) >= 11 is 0. The van der Waals surface area contributed by atoms with Crippen LogP contribution in [-0.2, 0) is 19.6 Å². The van der Waals surface area contributed by atoms with Crippen molar-refractivity contribution in [3.05, 3.63) is 30.3 Å². The summed E-state index contributed by atoms with van der Waals surface area (Å²) in [7, 11) is -3.83. The van der Waals surface area contributed by atoms with Crippen LogP contribution >= 0.6 is 0 Å². The number of hydrogen-bond donors (Lipinski definition) is 2. The number of ketones is 1. The molecule has 0 aromatic heterocycles. The molecule has 0 radical (unpaired) electrons. The molecule has 0 bridgehead atoms. The molecule has 1 saturated carbocycles. The Balaban J connectivity index is 2.04. The van der Waals surface area contributed by atoms with Crippen LogP contribution in [0.15, 0.2) is 35.2 Å². The molecule has 1 unspecified atom stereocenters. The zero-order valence-corrected chi connectivity index (χ0v) is 13.9. The maximum Gasteiger partial charge on any atom is 0.289 e. The van der Waals surface area contributed by atoms with Crippen LogP contribution < -0.4 is 10.0 Å². The van der Waals surface area contributed by atoms with Crippen LogP contribution in [-0.4, -0.2) is 32.7 Å². The summed E-state index contributed by atoms with van der Waals surface area (Å²) in [6.07, 6.45) is 2.99. The van der Waals surface area contributed by atoms with Crippen molar-refractivity contribution in [2.45, 2.75) is 43.5 Å². The molecule has 6 nitrogen and oxygen atoms in total. The van der Waals surface area contributed by atoms with Gasteiger partial charge in [0.1, 0.15) is 0 Å². The van der Waals surface area contributed by atoms with Gasteiger partial charge < -0.3 is 5.32 Å². The number of amides is 1. The predicted octanol–water partition coefficient (Wildman–Crippen LogP) is 1.23. The second-order valence-electron chi connectivity index (χ2n) is 5.79. The third-order valence-corrected chi connectivity index (χ3v) is 5.20. The third kappa shape index (κ3) is 5.14. The number of nitrogens with one attached hydrogen (secondary N) is 2. The highest BCUT2D eigenvalue weighted by atomic mass is 32.2. The van der Waals surface area contributed by atoms with E-state index >= 15 is 0 Å². The Kier molecular flexibility index (Phi) is 5.90. The van der Waals surface area contributed by atoms with Gasteiger partial charge in [0.05, 0.1) is 10.9 Å². The summed E-state index contributed by atoms with van der Waals surface area (Å²) in [6, 6.07) is 6.77. The van der Waals surface area contributed by atoms with Crippen molar-refractivity contribution < 1.29 is 18.0 Å². The lowest BCUT2D eigenvalue weighted by Gasteiger charge is -2.16. The summed E-state index contributed by atoms with van der Waals surface area (Å²) in [5, 5.41) is 2.59. The number of sulfonamides is 1. The molecule has 23 heavy (non-hydrogen) atoms. The van der Waals surface area contributed by atoms with Crippen molar-refractivity contribution in [3.63, 3.8) is 0 Å². The topological polar surface area (TPSA) is 92.3 Å². The summed E-state index contributed by atoms with van der Waals surface area (Å²) in [5.74, 6) is -0.990. The van der Waals surface area contributed by atoms with Crippen LogP contribution in [0.4, 0.5) is 0 Å². The van der Waals surface area contributed by atoms with Gasteiger partial charge in [-0.1, -0.05) is 31.5 Å². The fraction of sp³-hybridized carbons (Fsp3) is 0.500. The van der Waals surface area contributed by atoms with Gasteiger partial charge >= 0.3 is 0 Å². The maximum atomic E-state index is 12.3. The summed E-state index contributed by atoms with van der Waals surface area (Å²) in [5.41, 5.74) is 0. The number of carbonyl (C=O) groups is 2. The highest BCUT2D eigenvalue weighted by Crippen LogP contribution is 2.27. The van der Waals surface area contributed by atoms with Gasteiger partial charge in [-0.2, -0.15) is 0 Å². The molecule has 1 atom stereocenters. The van der Waals surface area contributed by atoms with E-state index in [2.05, 4.69) is 10.0 Å². The number of rotatable bonds is 9. The molecule has 1 aromatic rings. The van der Waals surface area contributed by atoms with Crippen LogP contribution in [0.25, 0.3) is 0 Å². The molecule has 2 rings (SSSR count). The summed E-state index contributed by atoms with van der Waals surface area (Å²) in [6.45, 7) is 2.31. The van der Waals surface area contributed by atoms with Gasteiger partial charge in [-0.25, -0.2) is 13.1 Å². The molecule has 1 aliphatic carbocycles. The van der Waals surface area contributed by atoms with Gasteiger partial charge in [0.15, 0.2) is 0 Å². The molecular formula is C16H22N2O4S. The minimum atomic E-state index is -3.83. The smallest absolute Gasteiger partial charge is 0.289 e. The standard InChI is InChI=1S/C16H22N2O4S/c1-2-6-14(15(19)16(20)17-11-12-9-10-12)18-23(21,22)13-7-4-3-5-8-13/h3-5,7-8,12,14,18H,2,6,9-11H2,1H3,(H,17,20). The van der Waals surface area contributed by atoms with Crippen molar-refractivity contribution in [2.24, 2.45) is 5.92 Å². The Morgan fingerprint density at radius 1 is 1.22 bits per heavy atom. The zero-order chi connectivity index (χ0) is 16.9. The Hall–Kier alpha value is -1.73. The molecule has 1 aromatic carbocycles. The quantitative estimate of drug-likeness (QED) is 0.662. The van der Waals surface area contributed by atoms with Crippen molar-refractivity contribution >= 4 is 21.7 Å². The molecule has 0 saturated heterocycles. The largest absolute Gasteiger partial charge is 0.349 e. The maximum absolute atomic E-state index is 12.3. The lowest BCUT2D eigenvalue weighted by Crippen LogP contribution is -2.47. The molecule has 0 spiro atoms. The normalized spacial score (nSPS) is 15.9. The van der Waals surface area contributed by atoms with E-state index in [9.17, 15) is 18.0 Å². The van der Waals surface area contributed by atoms with Crippen LogP contribution in [0, 0.1) is 5.92 Å². The minimum absolute atomic E-state index is 0.0762. The first-order chi connectivity index (χ1) is 10.9. The average molecular weight is 338 g/mol. The molecule has 1 amide bonds. The number of benzene rings is 1. The van der Waals surface area contributed by atoms with Gasteiger partial charge in [-0.05, 0) is 37.3 Å². The van der Waals surface area contributed by atoms with E-state index in [1.54, 1.807) is 18.2 Å². The summed E-state index contributed by atoms with van der Waals surface area (Å²) < 4.78 is 27.0. The van der Waals surface area contributed by atoms with E-state index in [4.69, 9.17) is 0 Å². The molecule has 7 heteroatoms. The van der Waals surface area contributed by atoms with Gasteiger partial charge in [0, 0.05) is 6.54 Å². The van der Waals surface area contributed by atoms with Gasteiger partial charge in [0.2, 0.25) is 15.8 Å². The highest BCUT2D eigenvalue weighted by molar-refractivity contribution is 7.89. The van der Waals surface area contributed by atoms with Crippen LogP contribution in [0.1, 0.15) is 32.6 Å². The van der Waals surface area contributed by atoms with Gasteiger partial charge in [0.25, 0.3) is 5.91 Å². The molecule has 0 heterocycles. The predicted molar refractivity (Wildman–Crippen MR) is 86.2 cm³/mol. The van der Waals surface area contributed by atoms with E-state index in [-0.39, 0.29) is 11.3 Å². The Bertz CT molecular complexity index is 654.